The average molecular weight is 438 g/mol. The monoisotopic (exact) mass is 438 g/mol. The smallest absolute Gasteiger partial charge is 0.237 e. The number of nitrogens with zero attached hydrogens (tertiary/aromatic N) is 7. The minimum Gasteiger partial charge on any atom is -0.468 e. The summed E-state index contributed by atoms with van der Waals surface area (Å²) in [6, 6.07) is 2.27. The van der Waals surface area contributed by atoms with Gasteiger partial charge in [-0.15, -0.1) is 10.2 Å². The lowest BCUT2D eigenvalue weighted by Gasteiger charge is -2.31. The van der Waals surface area contributed by atoms with Crippen molar-refractivity contribution in [3.63, 3.8) is 0 Å². The van der Waals surface area contributed by atoms with E-state index in [1.807, 2.05) is 0 Å². The van der Waals surface area contributed by atoms with Crippen LogP contribution in [0.5, 0.6) is 5.88 Å². The van der Waals surface area contributed by atoms with E-state index in [1.54, 1.807) is 11.8 Å². The van der Waals surface area contributed by atoms with Crippen LogP contribution in [0.1, 0.15) is 55.7 Å². The van der Waals surface area contributed by atoms with Crippen LogP contribution < -0.4 is 10.1 Å². The quantitative estimate of drug-likeness (QED) is 0.732. The van der Waals surface area contributed by atoms with E-state index in [4.69, 9.17) is 9.47 Å². The van der Waals surface area contributed by atoms with E-state index in [9.17, 15) is 10.1 Å². The molecule has 1 saturated carbocycles. The number of aromatic nitrogens is 5. The molecule has 0 bridgehead atoms. The third-order valence-electron chi connectivity index (χ3n) is 6.36. The molecule has 11 heteroatoms. The predicted molar refractivity (Wildman–Crippen MR) is 112 cm³/mol. The summed E-state index contributed by atoms with van der Waals surface area (Å²) in [7, 11) is 0. The fourth-order valence-corrected chi connectivity index (χ4v) is 4.53. The molecule has 1 N–H and O–H groups in total. The Labute approximate surface area is 185 Å². The van der Waals surface area contributed by atoms with Gasteiger partial charge in [0.15, 0.2) is 5.82 Å². The molecule has 1 saturated heterocycles. The second-order valence-corrected chi connectivity index (χ2v) is 8.57. The highest BCUT2D eigenvalue weighted by atomic mass is 16.6. The van der Waals surface area contributed by atoms with Crippen LogP contribution in [-0.4, -0.2) is 67.4 Å². The van der Waals surface area contributed by atoms with Gasteiger partial charge in [-0.3, -0.25) is 4.79 Å². The van der Waals surface area contributed by atoms with Gasteiger partial charge in [0.2, 0.25) is 17.7 Å². The zero-order valence-corrected chi connectivity index (χ0v) is 18.0. The maximum atomic E-state index is 11.7. The molecule has 1 amide bonds. The maximum absolute atomic E-state index is 11.7. The molecular weight excluding hydrogens is 412 g/mol. The number of hydrogen-bond donors (Lipinski definition) is 1. The molecule has 11 nitrogen and oxygen atoms in total. The van der Waals surface area contributed by atoms with Gasteiger partial charge in [0.25, 0.3) is 0 Å². The number of ether oxygens (including phenoxy) is 2. The van der Waals surface area contributed by atoms with Crippen molar-refractivity contribution in [3.8, 4) is 11.9 Å². The molecule has 0 aromatic carbocycles. The van der Waals surface area contributed by atoms with Crippen molar-refractivity contribution in [1.82, 2.24) is 29.6 Å². The van der Waals surface area contributed by atoms with Gasteiger partial charge >= 0.3 is 0 Å². The highest BCUT2D eigenvalue weighted by molar-refractivity contribution is 5.73. The van der Waals surface area contributed by atoms with Gasteiger partial charge in [0, 0.05) is 32.0 Å². The molecule has 3 aliphatic rings. The molecule has 4 heterocycles. The zero-order valence-electron chi connectivity index (χ0n) is 18.0. The van der Waals surface area contributed by atoms with Gasteiger partial charge in [-0.2, -0.15) is 10.2 Å². The molecule has 2 aliphatic heterocycles. The SMILES string of the molecule is CC(=O)N1CCn2c(nnc2[C@H]2CCC[C@@H](Nc3ncc(C#N)c(OC4COC4)n3)C2)C1. The van der Waals surface area contributed by atoms with Gasteiger partial charge in [-0.05, 0) is 19.3 Å². The van der Waals surface area contributed by atoms with E-state index in [2.05, 4.69) is 36.1 Å². The molecule has 1 aliphatic carbocycles. The van der Waals surface area contributed by atoms with E-state index in [0.717, 1.165) is 43.9 Å². The van der Waals surface area contributed by atoms with Crippen molar-refractivity contribution in [2.45, 2.75) is 63.8 Å². The summed E-state index contributed by atoms with van der Waals surface area (Å²) in [5, 5.41) is 21.6. The van der Waals surface area contributed by atoms with Crippen LogP contribution in [0.3, 0.4) is 0 Å². The molecule has 32 heavy (non-hydrogen) atoms. The Morgan fingerprint density at radius 2 is 2.19 bits per heavy atom. The molecule has 0 spiro atoms. The molecule has 0 unspecified atom stereocenters. The van der Waals surface area contributed by atoms with Crippen LogP contribution in [0.25, 0.3) is 0 Å². The summed E-state index contributed by atoms with van der Waals surface area (Å²) in [5.41, 5.74) is 0.318. The highest BCUT2D eigenvalue weighted by Crippen LogP contribution is 2.34. The summed E-state index contributed by atoms with van der Waals surface area (Å²) in [5.74, 6) is 2.97. The Hall–Kier alpha value is -3.26. The Morgan fingerprint density at radius 1 is 1.31 bits per heavy atom. The number of amides is 1. The van der Waals surface area contributed by atoms with Crippen molar-refractivity contribution in [3.05, 3.63) is 23.4 Å². The number of fused-ring (bicyclic) bond motifs is 1. The third-order valence-corrected chi connectivity index (χ3v) is 6.36. The lowest BCUT2D eigenvalue weighted by atomic mass is 9.85. The van der Waals surface area contributed by atoms with Crippen molar-refractivity contribution in [1.29, 1.82) is 5.26 Å². The second kappa shape index (κ2) is 8.70. The zero-order chi connectivity index (χ0) is 22.1. The van der Waals surface area contributed by atoms with Crippen LogP contribution in [-0.2, 0) is 22.6 Å². The number of hydrogen-bond acceptors (Lipinski definition) is 9. The largest absolute Gasteiger partial charge is 0.468 e. The summed E-state index contributed by atoms with van der Waals surface area (Å²) >= 11 is 0. The molecule has 168 valence electrons. The first kappa shape index (κ1) is 20.6. The third kappa shape index (κ3) is 4.10. The maximum Gasteiger partial charge on any atom is 0.237 e. The molecule has 2 aromatic heterocycles. The standard InChI is InChI=1S/C21H26N8O3/c1-13(30)28-5-6-29-18(10-28)26-27-19(29)14-3-2-4-16(7-14)24-21-23-9-15(8-22)20(25-21)32-17-11-31-12-17/h9,14,16-17H,2-7,10-12H2,1H3,(H,23,24,25)/t14-,16+/m0/s1. The Balaban J connectivity index is 1.27. The summed E-state index contributed by atoms with van der Waals surface area (Å²) in [4.78, 5) is 22.3. The highest BCUT2D eigenvalue weighted by Gasteiger charge is 2.31. The van der Waals surface area contributed by atoms with Gasteiger partial charge < -0.3 is 24.3 Å². The van der Waals surface area contributed by atoms with Crippen molar-refractivity contribution >= 4 is 11.9 Å². The van der Waals surface area contributed by atoms with Crippen LogP contribution in [0.4, 0.5) is 5.95 Å². The topological polar surface area (TPSA) is 131 Å². The Bertz CT molecular complexity index is 1040. The minimum atomic E-state index is -0.0676. The molecular formula is C21H26N8O3. The molecule has 2 atom stereocenters. The molecule has 0 radical (unpaired) electrons. The van der Waals surface area contributed by atoms with E-state index in [-0.39, 0.29) is 24.0 Å². The van der Waals surface area contributed by atoms with Crippen molar-refractivity contribution in [2.75, 3.05) is 25.1 Å². The first-order valence-corrected chi connectivity index (χ1v) is 11.1. The lowest BCUT2D eigenvalue weighted by Crippen LogP contribution is -2.39. The van der Waals surface area contributed by atoms with E-state index in [1.165, 1.54) is 6.20 Å². The molecule has 2 aromatic rings. The fraction of sp³-hybridized carbons (Fsp3) is 0.619. The summed E-state index contributed by atoms with van der Waals surface area (Å²) in [6.45, 7) is 4.55. The number of carbonyl (C=O) groups excluding carboxylic acids is 1. The molecule has 5 rings (SSSR count). The lowest BCUT2D eigenvalue weighted by molar-refractivity contribution is -0.130. The summed E-state index contributed by atoms with van der Waals surface area (Å²) < 4.78 is 13.1. The first-order chi connectivity index (χ1) is 15.6. The van der Waals surface area contributed by atoms with E-state index >= 15 is 0 Å². The number of carbonyl (C=O) groups is 1. The van der Waals surface area contributed by atoms with E-state index in [0.29, 0.717) is 43.7 Å². The van der Waals surface area contributed by atoms with Crippen LogP contribution in [0, 0.1) is 11.3 Å². The predicted octanol–water partition coefficient (Wildman–Crippen LogP) is 1.22. The normalized spacial score (nSPS) is 23.1. The minimum absolute atomic E-state index is 0.0676. The number of anilines is 1. The van der Waals surface area contributed by atoms with Gasteiger partial charge in [-0.1, -0.05) is 6.42 Å². The van der Waals surface area contributed by atoms with Gasteiger partial charge in [0.05, 0.1) is 26.0 Å². The van der Waals surface area contributed by atoms with Gasteiger partial charge in [0.1, 0.15) is 23.6 Å². The number of nitriles is 1. The number of nitrogens with one attached hydrogen (secondary N) is 1. The Kier molecular flexibility index (Phi) is 5.61. The number of rotatable bonds is 5. The van der Waals surface area contributed by atoms with Crippen molar-refractivity contribution < 1.29 is 14.3 Å². The van der Waals surface area contributed by atoms with E-state index < -0.39 is 0 Å². The second-order valence-electron chi connectivity index (χ2n) is 8.57. The fourth-order valence-electron chi connectivity index (χ4n) is 4.53. The van der Waals surface area contributed by atoms with Crippen LogP contribution in [0.15, 0.2) is 6.20 Å². The first-order valence-electron chi connectivity index (χ1n) is 11.1. The summed E-state index contributed by atoms with van der Waals surface area (Å²) in [6.07, 6.45) is 5.44. The van der Waals surface area contributed by atoms with Crippen LogP contribution >= 0.6 is 0 Å². The van der Waals surface area contributed by atoms with Gasteiger partial charge in [-0.25, -0.2) is 4.98 Å². The van der Waals surface area contributed by atoms with Crippen LogP contribution in [0.2, 0.25) is 0 Å². The Morgan fingerprint density at radius 3 is 2.94 bits per heavy atom. The van der Waals surface area contributed by atoms with Crippen molar-refractivity contribution in [2.24, 2.45) is 0 Å². The molecule has 2 fully saturated rings. The average Bonchev–Trinajstić information content (AvgIpc) is 3.20.